The molecule has 0 amide bonds. The Morgan fingerprint density at radius 2 is 1.25 bits per heavy atom. The van der Waals surface area contributed by atoms with Crippen molar-refractivity contribution in [3.63, 3.8) is 0 Å². The van der Waals surface area contributed by atoms with E-state index in [4.69, 9.17) is 3.07 Å². The second-order valence-electron chi connectivity index (χ2n) is 4.95. The summed E-state index contributed by atoms with van der Waals surface area (Å²) in [5, 5.41) is 0. The van der Waals surface area contributed by atoms with Crippen molar-refractivity contribution >= 4 is 18.8 Å². The van der Waals surface area contributed by atoms with Gasteiger partial charge in [0.2, 0.25) is 0 Å². The first-order valence-electron chi connectivity index (χ1n) is 7.38. The summed E-state index contributed by atoms with van der Waals surface area (Å²) in [6, 6.07) is 0. The van der Waals surface area contributed by atoms with Crippen LogP contribution in [-0.4, -0.2) is 25.4 Å². The molecular formula is C14H32OSn. The normalized spacial score (nSPS) is 12.0. The van der Waals surface area contributed by atoms with Gasteiger partial charge in [0, 0.05) is 0 Å². The first-order chi connectivity index (χ1) is 7.74. The van der Waals surface area contributed by atoms with Gasteiger partial charge in [0.25, 0.3) is 0 Å². The zero-order chi connectivity index (χ0) is 12.3. The Balaban J connectivity index is 4.16. The van der Waals surface area contributed by atoms with Gasteiger partial charge >= 0.3 is 108 Å². The van der Waals surface area contributed by atoms with Crippen LogP contribution < -0.4 is 0 Å². The van der Waals surface area contributed by atoms with Crippen molar-refractivity contribution in [3.05, 3.63) is 0 Å². The van der Waals surface area contributed by atoms with Crippen LogP contribution in [0.1, 0.15) is 66.2 Å². The SMILES string of the molecule is CCCC[O][Sn]([CH2]C)([CH2]CCC)[CH2]CCC. The van der Waals surface area contributed by atoms with Crippen molar-refractivity contribution < 1.29 is 3.07 Å². The molecule has 0 spiro atoms. The fourth-order valence-electron chi connectivity index (χ4n) is 2.16. The summed E-state index contributed by atoms with van der Waals surface area (Å²) >= 11 is -2.14. The van der Waals surface area contributed by atoms with Crippen LogP contribution in [0.3, 0.4) is 0 Å². The number of rotatable bonds is 11. The molecular weight excluding hydrogens is 303 g/mol. The standard InChI is InChI=1S/C4H9O.2C4H9.C2H5.Sn/c1-2-3-4-5;2*1-3-4-2;1-2;/h2-4H2,1H3;2*1,3-4H2,2H3;1H2,2H3;/q-1;;;;+1. The van der Waals surface area contributed by atoms with Crippen LogP contribution in [0.15, 0.2) is 0 Å². The van der Waals surface area contributed by atoms with Gasteiger partial charge in [-0.1, -0.05) is 0 Å². The molecule has 0 atom stereocenters. The number of hydrogen-bond acceptors (Lipinski definition) is 1. The molecule has 0 heterocycles. The van der Waals surface area contributed by atoms with Crippen LogP contribution in [0.5, 0.6) is 0 Å². The second kappa shape index (κ2) is 10.9. The average molecular weight is 335 g/mol. The van der Waals surface area contributed by atoms with Crippen LogP contribution in [0, 0.1) is 0 Å². The van der Waals surface area contributed by atoms with Crippen LogP contribution >= 0.6 is 0 Å². The van der Waals surface area contributed by atoms with Crippen molar-refractivity contribution in [1.29, 1.82) is 0 Å². The van der Waals surface area contributed by atoms with Gasteiger partial charge in [0.1, 0.15) is 0 Å². The molecule has 0 aromatic heterocycles. The fraction of sp³-hybridized carbons (Fsp3) is 1.00. The van der Waals surface area contributed by atoms with Gasteiger partial charge in [0.05, 0.1) is 0 Å². The molecule has 0 aliphatic carbocycles. The summed E-state index contributed by atoms with van der Waals surface area (Å²) in [6.45, 7) is 10.3. The molecule has 16 heavy (non-hydrogen) atoms. The van der Waals surface area contributed by atoms with E-state index >= 15 is 0 Å². The van der Waals surface area contributed by atoms with Gasteiger partial charge in [-0.15, -0.1) is 0 Å². The van der Waals surface area contributed by atoms with Crippen molar-refractivity contribution in [2.75, 3.05) is 6.61 Å². The molecule has 1 nitrogen and oxygen atoms in total. The summed E-state index contributed by atoms with van der Waals surface area (Å²) in [5.74, 6) is 0. The maximum absolute atomic E-state index is 6.43. The molecule has 2 heteroatoms. The summed E-state index contributed by atoms with van der Waals surface area (Å²) in [5.41, 5.74) is 0. The van der Waals surface area contributed by atoms with Crippen molar-refractivity contribution in [2.45, 2.75) is 79.5 Å². The molecule has 0 unspecified atom stereocenters. The van der Waals surface area contributed by atoms with Gasteiger partial charge in [-0.3, -0.25) is 0 Å². The van der Waals surface area contributed by atoms with Gasteiger partial charge in [-0.05, 0) is 0 Å². The molecule has 0 radical (unpaired) electrons. The van der Waals surface area contributed by atoms with Gasteiger partial charge in [-0.25, -0.2) is 0 Å². The Labute approximate surface area is 108 Å². The van der Waals surface area contributed by atoms with E-state index in [9.17, 15) is 0 Å². The molecule has 98 valence electrons. The molecule has 0 N–H and O–H groups in total. The van der Waals surface area contributed by atoms with Crippen LogP contribution in [-0.2, 0) is 3.07 Å². The summed E-state index contributed by atoms with van der Waals surface area (Å²) in [7, 11) is 0. The van der Waals surface area contributed by atoms with E-state index in [0.717, 1.165) is 6.61 Å². The zero-order valence-electron chi connectivity index (χ0n) is 12.0. The first-order valence-corrected chi connectivity index (χ1v) is 14.6. The van der Waals surface area contributed by atoms with Crippen LogP contribution in [0.4, 0.5) is 0 Å². The van der Waals surface area contributed by atoms with Crippen molar-refractivity contribution in [2.24, 2.45) is 0 Å². The number of unbranched alkanes of at least 4 members (excludes halogenated alkanes) is 3. The van der Waals surface area contributed by atoms with E-state index in [-0.39, 0.29) is 0 Å². The maximum atomic E-state index is 6.43. The summed E-state index contributed by atoms with van der Waals surface area (Å²) < 4.78 is 10.7. The minimum atomic E-state index is -2.14. The second-order valence-corrected chi connectivity index (χ2v) is 17.4. The molecule has 0 bridgehead atoms. The third kappa shape index (κ3) is 7.16. The van der Waals surface area contributed by atoms with Crippen LogP contribution in [0.2, 0.25) is 13.3 Å². The first kappa shape index (κ1) is 16.8. The Bertz CT molecular complexity index is 140. The Morgan fingerprint density at radius 1 is 0.750 bits per heavy atom. The van der Waals surface area contributed by atoms with E-state index in [1.54, 1.807) is 0 Å². The van der Waals surface area contributed by atoms with E-state index in [1.807, 2.05) is 0 Å². The van der Waals surface area contributed by atoms with E-state index in [0.29, 0.717) is 0 Å². The van der Waals surface area contributed by atoms with E-state index < -0.39 is 18.8 Å². The molecule has 0 saturated carbocycles. The third-order valence-corrected chi connectivity index (χ3v) is 16.8. The van der Waals surface area contributed by atoms with E-state index in [2.05, 4.69) is 27.7 Å². The van der Waals surface area contributed by atoms with Crippen molar-refractivity contribution in [3.8, 4) is 0 Å². The van der Waals surface area contributed by atoms with Crippen LogP contribution in [0.25, 0.3) is 0 Å². The van der Waals surface area contributed by atoms with Gasteiger partial charge in [-0.2, -0.15) is 0 Å². The molecule has 0 saturated heterocycles. The molecule has 0 aromatic carbocycles. The quantitative estimate of drug-likeness (QED) is 0.364. The molecule has 0 aromatic rings. The monoisotopic (exact) mass is 336 g/mol. The van der Waals surface area contributed by atoms with Gasteiger partial charge < -0.3 is 0 Å². The topological polar surface area (TPSA) is 9.23 Å². The predicted molar refractivity (Wildman–Crippen MR) is 76.5 cm³/mol. The fourth-order valence-corrected chi connectivity index (χ4v) is 13.6. The third-order valence-electron chi connectivity index (χ3n) is 3.52. The van der Waals surface area contributed by atoms with Crippen molar-refractivity contribution in [1.82, 2.24) is 0 Å². The molecule has 0 rings (SSSR count). The molecule has 0 fully saturated rings. The Morgan fingerprint density at radius 3 is 1.62 bits per heavy atom. The van der Waals surface area contributed by atoms with E-state index in [1.165, 1.54) is 51.8 Å². The Kier molecular flexibility index (Phi) is 11.4. The number of hydrogen-bond donors (Lipinski definition) is 0. The summed E-state index contributed by atoms with van der Waals surface area (Å²) in [6.07, 6.45) is 8.01. The average Bonchev–Trinajstić information content (AvgIpc) is 2.32. The molecule has 0 aliphatic heterocycles. The Hall–Kier alpha value is 0.759. The zero-order valence-corrected chi connectivity index (χ0v) is 14.8. The molecule has 0 aliphatic rings. The minimum absolute atomic E-state index is 1.05. The summed E-state index contributed by atoms with van der Waals surface area (Å²) in [4.78, 5) is 0. The predicted octanol–water partition coefficient (Wildman–Crippen LogP) is 5.37. The van der Waals surface area contributed by atoms with Gasteiger partial charge in [0.15, 0.2) is 0 Å².